The van der Waals surface area contributed by atoms with Crippen LogP contribution in [0.15, 0.2) is 63.2 Å². The Bertz CT molecular complexity index is 994. The van der Waals surface area contributed by atoms with E-state index in [1.54, 1.807) is 35.7 Å². The van der Waals surface area contributed by atoms with E-state index in [4.69, 9.17) is 0 Å². The Balaban J connectivity index is 1.50. The van der Waals surface area contributed by atoms with Gasteiger partial charge < -0.3 is 0 Å². The molecular weight excluding hydrogens is 370 g/mol. The van der Waals surface area contributed by atoms with Crippen LogP contribution in [0.25, 0.3) is 0 Å². The highest BCUT2D eigenvalue weighted by molar-refractivity contribution is 7.94. The van der Waals surface area contributed by atoms with Crippen molar-refractivity contribution in [2.75, 3.05) is 4.72 Å². The summed E-state index contributed by atoms with van der Waals surface area (Å²) in [4.78, 5) is 12.5. The highest BCUT2D eigenvalue weighted by Crippen LogP contribution is 2.40. The first-order valence-electron chi connectivity index (χ1n) is 8.23. The van der Waals surface area contributed by atoms with Crippen molar-refractivity contribution in [1.82, 2.24) is 5.43 Å². The second-order valence-electron chi connectivity index (χ2n) is 6.27. The Morgan fingerprint density at radius 1 is 1.19 bits per heavy atom. The Labute approximate surface area is 155 Å². The number of carbonyl (C=O) groups excluding carboxylic acids is 1. The number of nitrogens with one attached hydrogen (secondary N) is 2. The third-order valence-electron chi connectivity index (χ3n) is 4.64. The molecule has 0 spiro atoms. The maximum atomic E-state index is 12.5. The van der Waals surface area contributed by atoms with Gasteiger partial charge in [0.2, 0.25) is 0 Å². The van der Waals surface area contributed by atoms with E-state index < -0.39 is 15.9 Å². The van der Waals surface area contributed by atoms with E-state index >= 15 is 0 Å². The molecule has 1 fully saturated rings. The van der Waals surface area contributed by atoms with Gasteiger partial charge in [-0.25, -0.2) is 13.8 Å². The average Bonchev–Trinajstić information content (AvgIpc) is 3.26. The molecule has 26 heavy (non-hydrogen) atoms. The number of allylic oxidation sites excluding steroid dienone is 2. The van der Waals surface area contributed by atoms with Crippen molar-refractivity contribution in [2.45, 2.75) is 17.1 Å². The summed E-state index contributed by atoms with van der Waals surface area (Å²) in [6.07, 6.45) is 6.18. The first kappa shape index (κ1) is 17.0. The van der Waals surface area contributed by atoms with Gasteiger partial charge in [0.05, 0.1) is 11.3 Å². The lowest BCUT2D eigenvalue weighted by atomic mass is 9.74. The van der Waals surface area contributed by atoms with E-state index in [2.05, 4.69) is 27.4 Å². The second kappa shape index (κ2) is 6.69. The van der Waals surface area contributed by atoms with Gasteiger partial charge in [-0.1, -0.05) is 30.4 Å². The number of thiophene rings is 1. The van der Waals surface area contributed by atoms with Crippen molar-refractivity contribution in [3.05, 3.63) is 59.5 Å². The largest absolute Gasteiger partial charge is 0.278 e. The van der Waals surface area contributed by atoms with Crippen LogP contribution in [0.3, 0.4) is 0 Å². The Morgan fingerprint density at radius 2 is 2.04 bits per heavy atom. The van der Waals surface area contributed by atoms with E-state index in [-0.39, 0.29) is 15.5 Å². The van der Waals surface area contributed by atoms with E-state index in [0.717, 1.165) is 29.9 Å². The quantitative estimate of drug-likeness (QED) is 0.610. The van der Waals surface area contributed by atoms with Crippen LogP contribution >= 0.6 is 11.3 Å². The third kappa shape index (κ3) is 3.17. The number of benzene rings is 1. The minimum absolute atomic E-state index is 0.196. The molecule has 1 amide bonds. The van der Waals surface area contributed by atoms with Crippen molar-refractivity contribution >= 4 is 38.7 Å². The fraction of sp³-hybridized carbons (Fsp3) is 0.222. The topological polar surface area (TPSA) is 87.6 Å². The molecule has 6 nitrogen and oxygen atoms in total. The van der Waals surface area contributed by atoms with E-state index in [9.17, 15) is 13.2 Å². The molecule has 2 aliphatic rings. The molecule has 0 aliphatic heterocycles. The molecule has 2 aromatic rings. The number of nitrogens with zero attached hydrogens (tertiary/aromatic N) is 1. The van der Waals surface area contributed by atoms with Crippen molar-refractivity contribution in [3.8, 4) is 0 Å². The number of hydrogen-bond donors (Lipinski definition) is 2. The molecule has 0 unspecified atom stereocenters. The molecular formula is C18H17N3O3S2. The van der Waals surface area contributed by atoms with E-state index in [0.29, 0.717) is 11.8 Å². The number of carbonyl (C=O) groups is 1. The van der Waals surface area contributed by atoms with Crippen molar-refractivity contribution in [1.29, 1.82) is 0 Å². The zero-order chi connectivity index (χ0) is 18.1. The highest BCUT2D eigenvalue weighted by Gasteiger charge is 2.38. The summed E-state index contributed by atoms with van der Waals surface area (Å²) in [6, 6.07) is 9.68. The summed E-state index contributed by atoms with van der Waals surface area (Å²) >= 11 is 1.12. The van der Waals surface area contributed by atoms with Crippen molar-refractivity contribution in [3.63, 3.8) is 0 Å². The van der Waals surface area contributed by atoms with Gasteiger partial charge in [0.25, 0.3) is 15.9 Å². The van der Waals surface area contributed by atoms with Crippen LogP contribution in [-0.4, -0.2) is 20.0 Å². The van der Waals surface area contributed by atoms with Crippen LogP contribution in [0, 0.1) is 11.8 Å². The lowest BCUT2D eigenvalue weighted by Crippen LogP contribution is -2.35. The smallest absolute Gasteiger partial charge is 0.273 e. The SMILES string of the molecule is O=C(N/N=C1/C[C@H]2C=CC[C@@H]12)c1ccccc1NS(=O)(=O)c1cccs1. The molecule has 2 N–H and O–H groups in total. The van der Waals surface area contributed by atoms with E-state index in [1.165, 1.54) is 6.07 Å². The fourth-order valence-corrected chi connectivity index (χ4v) is 5.30. The van der Waals surface area contributed by atoms with Gasteiger partial charge in [-0.15, -0.1) is 11.3 Å². The van der Waals surface area contributed by atoms with Gasteiger partial charge in [0.15, 0.2) is 0 Å². The number of anilines is 1. The van der Waals surface area contributed by atoms with Gasteiger partial charge in [-0.3, -0.25) is 9.52 Å². The van der Waals surface area contributed by atoms with Gasteiger partial charge in [0, 0.05) is 11.6 Å². The Morgan fingerprint density at radius 3 is 2.81 bits per heavy atom. The highest BCUT2D eigenvalue weighted by atomic mass is 32.2. The molecule has 2 aliphatic carbocycles. The van der Waals surface area contributed by atoms with Gasteiger partial charge in [0.1, 0.15) is 4.21 Å². The molecule has 1 heterocycles. The zero-order valence-corrected chi connectivity index (χ0v) is 15.4. The third-order valence-corrected chi connectivity index (χ3v) is 7.40. The second-order valence-corrected chi connectivity index (χ2v) is 9.12. The fourth-order valence-electron chi connectivity index (χ4n) is 3.23. The molecule has 1 saturated carbocycles. The number of rotatable bonds is 5. The monoisotopic (exact) mass is 387 g/mol. The molecule has 8 heteroatoms. The van der Waals surface area contributed by atoms with Crippen LogP contribution in [-0.2, 0) is 10.0 Å². The maximum Gasteiger partial charge on any atom is 0.273 e. The summed E-state index contributed by atoms with van der Waals surface area (Å²) in [5, 5.41) is 5.93. The van der Waals surface area contributed by atoms with Crippen molar-refractivity contribution in [2.24, 2.45) is 16.9 Å². The minimum atomic E-state index is -3.72. The maximum absolute atomic E-state index is 12.5. The number of para-hydroxylation sites is 1. The summed E-state index contributed by atoms with van der Waals surface area (Å²) in [5.74, 6) is 0.523. The molecule has 2 atom stereocenters. The molecule has 0 radical (unpaired) electrons. The van der Waals surface area contributed by atoms with Crippen LogP contribution in [0.4, 0.5) is 5.69 Å². The first-order valence-corrected chi connectivity index (χ1v) is 10.6. The van der Waals surface area contributed by atoms with Gasteiger partial charge in [-0.2, -0.15) is 5.10 Å². The van der Waals surface area contributed by atoms with Crippen LogP contribution in [0.5, 0.6) is 0 Å². The zero-order valence-electron chi connectivity index (χ0n) is 13.8. The summed E-state index contributed by atoms with van der Waals surface area (Å²) in [6.45, 7) is 0. The van der Waals surface area contributed by atoms with Crippen LogP contribution in [0.2, 0.25) is 0 Å². The number of amides is 1. The predicted molar refractivity (Wildman–Crippen MR) is 102 cm³/mol. The molecule has 0 saturated heterocycles. The number of fused-ring (bicyclic) bond motifs is 1. The lowest BCUT2D eigenvalue weighted by molar-refractivity contribution is 0.0955. The Kier molecular flexibility index (Phi) is 4.37. The molecule has 4 rings (SSSR count). The van der Waals surface area contributed by atoms with Gasteiger partial charge >= 0.3 is 0 Å². The van der Waals surface area contributed by atoms with Crippen LogP contribution < -0.4 is 10.1 Å². The van der Waals surface area contributed by atoms with Gasteiger partial charge in [-0.05, 0) is 42.3 Å². The number of hydrazone groups is 1. The normalized spacial score (nSPS) is 22.7. The minimum Gasteiger partial charge on any atom is -0.278 e. The number of sulfonamides is 1. The molecule has 1 aromatic heterocycles. The predicted octanol–water partition coefficient (Wildman–Crippen LogP) is 3.23. The van der Waals surface area contributed by atoms with Crippen LogP contribution in [0.1, 0.15) is 23.2 Å². The van der Waals surface area contributed by atoms with Crippen molar-refractivity contribution < 1.29 is 13.2 Å². The molecule has 1 aromatic carbocycles. The Hall–Kier alpha value is -2.45. The van der Waals surface area contributed by atoms with E-state index in [1.807, 2.05) is 0 Å². The molecule has 134 valence electrons. The molecule has 0 bridgehead atoms. The number of hydrogen-bond acceptors (Lipinski definition) is 5. The lowest BCUT2D eigenvalue weighted by Gasteiger charge is -2.31. The average molecular weight is 387 g/mol. The summed E-state index contributed by atoms with van der Waals surface area (Å²) < 4.78 is 27.5. The standard InChI is InChI=1S/C18H17N3O3S2/c22-18(20-19-16-11-12-5-3-7-13(12)16)14-6-1-2-8-15(14)21-26(23,24)17-9-4-10-25-17/h1-6,8-10,12-13,21H,7,11H2,(H,20,22)/b19-16-/t12-,13-/m1/s1. The summed E-state index contributed by atoms with van der Waals surface area (Å²) in [7, 11) is -3.72. The summed E-state index contributed by atoms with van der Waals surface area (Å²) in [5.41, 5.74) is 4.02. The first-order chi connectivity index (χ1) is 12.5.